The molecule has 7 heteroatoms. The van der Waals surface area contributed by atoms with E-state index < -0.39 is 0 Å². The molecular formula is C25H23N5O2. The molecule has 5 rings (SSSR count). The van der Waals surface area contributed by atoms with Crippen LogP contribution in [-0.2, 0) is 6.42 Å². The first-order valence-electron chi connectivity index (χ1n) is 10.6. The maximum Gasteiger partial charge on any atom is 0.251 e. The van der Waals surface area contributed by atoms with E-state index in [-0.39, 0.29) is 12.0 Å². The number of carbonyl (C=O) groups is 1. The Balaban J connectivity index is 1.27. The quantitative estimate of drug-likeness (QED) is 0.528. The maximum atomic E-state index is 12.8. The fraction of sp³-hybridized carbons (Fsp3) is 0.200. The van der Waals surface area contributed by atoms with Crippen molar-refractivity contribution in [3.63, 3.8) is 0 Å². The van der Waals surface area contributed by atoms with E-state index in [1.165, 1.54) is 0 Å². The fourth-order valence-corrected chi connectivity index (χ4v) is 4.04. The lowest BCUT2D eigenvalue weighted by Gasteiger charge is -2.13. The molecule has 1 amide bonds. The summed E-state index contributed by atoms with van der Waals surface area (Å²) in [6.45, 7) is 4.36. The molecule has 32 heavy (non-hydrogen) atoms. The number of nitrogens with one attached hydrogen (secondary N) is 1. The highest BCUT2D eigenvalue weighted by Gasteiger charge is 2.27. The van der Waals surface area contributed by atoms with Gasteiger partial charge in [-0.1, -0.05) is 18.2 Å². The second-order valence-electron chi connectivity index (χ2n) is 7.91. The van der Waals surface area contributed by atoms with E-state index in [1.807, 2.05) is 61.0 Å². The minimum Gasteiger partial charge on any atom is -0.487 e. The van der Waals surface area contributed by atoms with Gasteiger partial charge in [0.2, 0.25) is 0 Å². The third-order valence-electron chi connectivity index (χ3n) is 5.49. The van der Waals surface area contributed by atoms with Gasteiger partial charge in [-0.25, -0.2) is 14.6 Å². The van der Waals surface area contributed by atoms with E-state index in [9.17, 15) is 4.79 Å². The average Bonchev–Trinajstić information content (AvgIpc) is 3.39. The van der Waals surface area contributed by atoms with E-state index in [0.29, 0.717) is 17.9 Å². The summed E-state index contributed by atoms with van der Waals surface area (Å²) in [7, 11) is 0. The minimum atomic E-state index is -0.141. The number of nitrogens with zero attached hydrogens (tertiary/aromatic N) is 4. The van der Waals surface area contributed by atoms with Crippen molar-refractivity contribution in [3.8, 4) is 22.8 Å². The molecule has 160 valence electrons. The minimum absolute atomic E-state index is 0.139. The van der Waals surface area contributed by atoms with Gasteiger partial charge in [-0.3, -0.25) is 4.79 Å². The second kappa shape index (κ2) is 8.26. The van der Waals surface area contributed by atoms with Crippen molar-refractivity contribution < 1.29 is 9.53 Å². The zero-order chi connectivity index (χ0) is 22.1. The molecule has 2 aromatic heterocycles. The van der Waals surface area contributed by atoms with Crippen LogP contribution in [0.3, 0.4) is 0 Å². The Morgan fingerprint density at radius 2 is 1.91 bits per heavy atom. The molecule has 7 nitrogen and oxygen atoms in total. The Bertz CT molecular complexity index is 1280. The summed E-state index contributed by atoms with van der Waals surface area (Å²) in [6.07, 6.45) is 4.02. The van der Waals surface area contributed by atoms with Crippen LogP contribution in [0.25, 0.3) is 17.1 Å². The first kappa shape index (κ1) is 19.9. The zero-order valence-corrected chi connectivity index (χ0v) is 17.9. The second-order valence-corrected chi connectivity index (χ2v) is 7.91. The van der Waals surface area contributed by atoms with Crippen molar-refractivity contribution in [1.82, 2.24) is 25.1 Å². The van der Waals surface area contributed by atoms with E-state index in [2.05, 4.69) is 20.4 Å². The molecule has 1 atom stereocenters. The number of carbonyl (C=O) groups excluding carboxylic acids is 1. The van der Waals surface area contributed by atoms with Gasteiger partial charge < -0.3 is 10.1 Å². The van der Waals surface area contributed by atoms with Crippen LogP contribution < -0.4 is 10.1 Å². The lowest BCUT2D eigenvalue weighted by molar-refractivity contribution is 0.0933. The van der Waals surface area contributed by atoms with Gasteiger partial charge >= 0.3 is 0 Å². The van der Waals surface area contributed by atoms with Gasteiger partial charge in [0.25, 0.3) is 5.91 Å². The van der Waals surface area contributed by atoms with E-state index >= 15 is 0 Å². The molecule has 1 aliphatic heterocycles. The molecule has 0 spiro atoms. The molecule has 0 unspecified atom stereocenters. The van der Waals surface area contributed by atoms with Crippen LogP contribution >= 0.6 is 0 Å². The summed E-state index contributed by atoms with van der Waals surface area (Å²) >= 11 is 0. The Morgan fingerprint density at radius 1 is 1.09 bits per heavy atom. The van der Waals surface area contributed by atoms with Gasteiger partial charge in [-0.15, -0.1) is 0 Å². The van der Waals surface area contributed by atoms with Crippen LogP contribution in [0.1, 0.15) is 27.3 Å². The number of para-hydroxylation sites is 1. The summed E-state index contributed by atoms with van der Waals surface area (Å²) in [4.78, 5) is 21.5. The molecule has 0 aliphatic carbocycles. The van der Waals surface area contributed by atoms with Gasteiger partial charge in [0.15, 0.2) is 5.82 Å². The highest BCUT2D eigenvalue weighted by Crippen LogP contribution is 2.37. The van der Waals surface area contributed by atoms with Gasteiger partial charge in [-0.05, 0) is 55.8 Å². The number of ether oxygens (including phenoxy) is 1. The number of aromatic nitrogens is 4. The van der Waals surface area contributed by atoms with Crippen molar-refractivity contribution >= 4 is 5.91 Å². The van der Waals surface area contributed by atoms with Crippen LogP contribution in [0.15, 0.2) is 67.0 Å². The summed E-state index contributed by atoms with van der Waals surface area (Å²) in [5.41, 5.74) is 5.38. The monoisotopic (exact) mass is 425 g/mol. The number of hydrogen-bond acceptors (Lipinski definition) is 5. The molecule has 0 saturated heterocycles. The number of aryl methyl sites for hydroxylation is 2. The highest BCUT2D eigenvalue weighted by molar-refractivity contribution is 5.94. The van der Waals surface area contributed by atoms with Crippen LogP contribution in [0.4, 0.5) is 0 Å². The maximum absolute atomic E-state index is 12.8. The highest BCUT2D eigenvalue weighted by atomic mass is 16.5. The van der Waals surface area contributed by atoms with Crippen molar-refractivity contribution in [1.29, 1.82) is 0 Å². The number of benzene rings is 2. The number of rotatable bonds is 5. The van der Waals surface area contributed by atoms with Gasteiger partial charge in [0, 0.05) is 30.1 Å². The molecule has 1 aliphatic rings. The van der Waals surface area contributed by atoms with Gasteiger partial charge in [-0.2, -0.15) is 5.10 Å². The largest absolute Gasteiger partial charge is 0.487 e. The SMILES string of the molecule is Cc1cc(C)n(-c2cccc(C(=O)NC[C@@H]3Cc4cccc(-c5ncccn5)c4O3)c2)n1. The van der Waals surface area contributed by atoms with Crippen molar-refractivity contribution in [2.45, 2.75) is 26.4 Å². The molecule has 0 bridgehead atoms. The Kier molecular flexibility index (Phi) is 5.15. The number of fused-ring (bicyclic) bond motifs is 1. The first-order valence-corrected chi connectivity index (χ1v) is 10.6. The molecule has 2 aromatic carbocycles. The number of hydrogen-bond donors (Lipinski definition) is 1. The topological polar surface area (TPSA) is 81.9 Å². The number of amides is 1. The molecule has 0 radical (unpaired) electrons. The first-order chi connectivity index (χ1) is 15.6. The van der Waals surface area contributed by atoms with Gasteiger partial charge in [0.05, 0.1) is 23.5 Å². The van der Waals surface area contributed by atoms with E-state index in [4.69, 9.17) is 4.74 Å². The molecule has 1 N–H and O–H groups in total. The Labute approximate surface area is 186 Å². The molecule has 0 saturated carbocycles. The van der Waals surface area contributed by atoms with E-state index in [0.717, 1.165) is 40.4 Å². The van der Waals surface area contributed by atoms with Gasteiger partial charge in [0.1, 0.15) is 11.9 Å². The summed E-state index contributed by atoms with van der Waals surface area (Å²) in [5, 5.41) is 7.51. The van der Waals surface area contributed by atoms with Crippen molar-refractivity contribution in [2.75, 3.05) is 6.54 Å². The van der Waals surface area contributed by atoms with Crippen LogP contribution in [0.2, 0.25) is 0 Å². The normalized spacial score (nSPS) is 14.6. The molecule has 3 heterocycles. The summed E-state index contributed by atoms with van der Waals surface area (Å²) < 4.78 is 8.02. The molecule has 4 aromatic rings. The lowest BCUT2D eigenvalue weighted by Crippen LogP contribution is -2.34. The standard InChI is InChI=1S/C25H23N5O2/c1-16-12-17(2)30(29-16)20-8-3-7-19(13-20)25(31)28-15-21-14-18-6-4-9-22(23(18)32-21)24-26-10-5-11-27-24/h3-13,21H,14-15H2,1-2H3,(H,28,31)/t21-/m0/s1. The van der Waals surface area contributed by atoms with Crippen LogP contribution in [-0.4, -0.2) is 38.3 Å². The van der Waals surface area contributed by atoms with Crippen LogP contribution in [0, 0.1) is 13.8 Å². The van der Waals surface area contributed by atoms with Crippen LogP contribution in [0.5, 0.6) is 5.75 Å². The van der Waals surface area contributed by atoms with Crippen molar-refractivity contribution in [3.05, 3.63) is 89.5 Å². The fourth-order valence-electron chi connectivity index (χ4n) is 4.04. The predicted molar refractivity (Wildman–Crippen MR) is 121 cm³/mol. The average molecular weight is 425 g/mol. The molecule has 0 fully saturated rings. The third kappa shape index (κ3) is 3.85. The van der Waals surface area contributed by atoms with E-state index in [1.54, 1.807) is 24.5 Å². The zero-order valence-electron chi connectivity index (χ0n) is 17.9. The Hall–Kier alpha value is -4.00. The lowest BCUT2D eigenvalue weighted by atomic mass is 10.1. The van der Waals surface area contributed by atoms with Crippen molar-refractivity contribution in [2.24, 2.45) is 0 Å². The third-order valence-corrected chi connectivity index (χ3v) is 5.49. The predicted octanol–water partition coefficient (Wildman–Crippen LogP) is 3.68. The summed E-state index contributed by atoms with van der Waals surface area (Å²) in [5.74, 6) is 1.29. The Morgan fingerprint density at radius 3 is 2.69 bits per heavy atom. The molecular weight excluding hydrogens is 402 g/mol. The summed E-state index contributed by atoms with van der Waals surface area (Å²) in [6, 6.07) is 17.3. The smallest absolute Gasteiger partial charge is 0.251 e.